The van der Waals surface area contributed by atoms with Crippen LogP contribution in [-0.4, -0.2) is 21.1 Å². The van der Waals surface area contributed by atoms with E-state index in [1.165, 1.54) is 0 Å². The molecule has 0 saturated carbocycles. The zero-order valence-electron chi connectivity index (χ0n) is 4.39. The van der Waals surface area contributed by atoms with Gasteiger partial charge in [-0.1, -0.05) is 0 Å². The van der Waals surface area contributed by atoms with Crippen LogP contribution in [0.5, 0.6) is 0 Å². The second kappa shape index (κ2) is 4.68. The fraction of sp³-hybridized carbons (Fsp3) is 0.750. The molecular formula is C4H9INOP. The van der Waals surface area contributed by atoms with E-state index < -0.39 is 0 Å². The van der Waals surface area contributed by atoms with Gasteiger partial charge in [-0.25, -0.2) is 0 Å². The van der Waals surface area contributed by atoms with Gasteiger partial charge in [0.05, 0.1) is 6.61 Å². The zero-order valence-corrected chi connectivity index (χ0v) is 7.55. The molecule has 0 fully saturated rings. The summed E-state index contributed by atoms with van der Waals surface area (Å²) in [4.78, 5) is 0. The monoisotopic (exact) mass is 245 g/mol. The topological polar surface area (TPSA) is 46.2 Å². The summed E-state index contributed by atoms with van der Waals surface area (Å²) in [6.07, 6.45) is 0.730. The van der Waals surface area contributed by atoms with Gasteiger partial charge in [-0.15, -0.1) is 8.86 Å². The molecule has 0 heterocycles. The lowest BCUT2D eigenvalue weighted by molar-refractivity contribution is 0.269. The molecule has 1 unspecified atom stereocenters. The number of rotatable bonds is 3. The first-order valence-electron chi connectivity index (χ1n) is 2.26. The maximum Gasteiger partial charge on any atom is 0.0586 e. The molecule has 3 N–H and O–H groups in total. The highest BCUT2D eigenvalue weighted by molar-refractivity contribution is 14.1. The van der Waals surface area contributed by atoms with Gasteiger partial charge in [0.25, 0.3) is 0 Å². The van der Waals surface area contributed by atoms with E-state index in [2.05, 4.69) is 31.5 Å². The Balaban J connectivity index is 3.24. The Morgan fingerprint density at radius 3 is 2.50 bits per heavy atom. The molecule has 4 heteroatoms. The minimum Gasteiger partial charge on any atom is -0.395 e. The van der Waals surface area contributed by atoms with Gasteiger partial charge >= 0.3 is 0 Å². The summed E-state index contributed by atoms with van der Waals surface area (Å²) >= 11 is 2.12. The molecule has 0 spiro atoms. The van der Waals surface area contributed by atoms with E-state index in [1.54, 1.807) is 0 Å². The van der Waals surface area contributed by atoms with Crippen molar-refractivity contribution in [1.29, 1.82) is 0 Å². The maximum absolute atomic E-state index is 8.42. The summed E-state index contributed by atoms with van der Waals surface area (Å²) in [5.41, 5.74) is 5.37. The van der Waals surface area contributed by atoms with Crippen molar-refractivity contribution in [2.24, 2.45) is 5.73 Å². The van der Waals surface area contributed by atoms with Crippen molar-refractivity contribution in [1.82, 2.24) is 0 Å². The molecule has 0 aliphatic rings. The molecular weight excluding hydrogens is 236 g/mol. The Morgan fingerprint density at radius 2 is 2.38 bits per heavy atom. The lowest BCUT2D eigenvalue weighted by Crippen LogP contribution is -2.25. The summed E-state index contributed by atoms with van der Waals surface area (Å²) in [7, 11) is 3.27. The third kappa shape index (κ3) is 4.97. The van der Waals surface area contributed by atoms with Crippen molar-refractivity contribution in [3.8, 4) is 0 Å². The van der Waals surface area contributed by atoms with Crippen molar-refractivity contribution in [3.05, 3.63) is 0 Å². The van der Waals surface area contributed by atoms with E-state index in [-0.39, 0.29) is 12.6 Å². The second-order valence-corrected chi connectivity index (χ2v) is 4.48. The van der Waals surface area contributed by atoms with Gasteiger partial charge in [-0.3, -0.25) is 0 Å². The fourth-order valence-corrected chi connectivity index (χ4v) is 1.12. The van der Waals surface area contributed by atoms with E-state index in [4.69, 9.17) is 10.8 Å². The Bertz CT molecular complexity index is 88.1. The predicted molar refractivity (Wildman–Crippen MR) is 47.0 cm³/mol. The quantitative estimate of drug-likeness (QED) is 0.558. The highest BCUT2D eigenvalue weighted by Gasteiger charge is 1.99. The van der Waals surface area contributed by atoms with Crippen molar-refractivity contribution in [2.75, 3.05) is 6.61 Å². The van der Waals surface area contributed by atoms with Crippen molar-refractivity contribution in [2.45, 2.75) is 12.5 Å². The van der Waals surface area contributed by atoms with E-state index in [1.807, 2.05) is 0 Å². The van der Waals surface area contributed by atoms with E-state index >= 15 is 0 Å². The molecule has 0 aliphatic carbocycles. The number of halogens is 1. The van der Waals surface area contributed by atoms with Gasteiger partial charge in [0, 0.05) is 9.34 Å². The summed E-state index contributed by atoms with van der Waals surface area (Å²) in [5.74, 6) is 0. The summed E-state index contributed by atoms with van der Waals surface area (Å²) in [6.45, 7) is 0.0526. The van der Waals surface area contributed by atoms with Gasteiger partial charge < -0.3 is 10.8 Å². The number of aliphatic hydroxyl groups is 1. The summed E-state index contributed by atoms with van der Waals surface area (Å²) in [6, 6.07) is -0.112. The lowest BCUT2D eigenvalue weighted by Gasteiger charge is -2.03. The summed E-state index contributed by atoms with van der Waals surface area (Å²) in [5, 5.41) is 8.42. The van der Waals surface area contributed by atoms with Crippen molar-refractivity contribution < 1.29 is 5.11 Å². The van der Waals surface area contributed by atoms with Crippen LogP contribution in [0.25, 0.3) is 0 Å². The Kier molecular flexibility index (Phi) is 5.15. The van der Waals surface area contributed by atoms with Crippen LogP contribution in [0.2, 0.25) is 0 Å². The van der Waals surface area contributed by atoms with Crippen LogP contribution in [-0.2, 0) is 0 Å². The van der Waals surface area contributed by atoms with Crippen LogP contribution in [0.15, 0.2) is 0 Å². The van der Waals surface area contributed by atoms with Crippen LogP contribution in [0.3, 0.4) is 0 Å². The molecule has 0 radical (unpaired) electrons. The summed E-state index contributed by atoms with van der Waals surface area (Å²) < 4.78 is 1.05. The molecule has 1 atom stereocenters. The van der Waals surface area contributed by atoms with Gasteiger partial charge in [0.1, 0.15) is 0 Å². The second-order valence-electron chi connectivity index (χ2n) is 1.55. The molecule has 0 amide bonds. The number of nitrogens with two attached hydrogens (primary N) is 1. The van der Waals surface area contributed by atoms with E-state index in [0.717, 1.165) is 9.72 Å². The van der Waals surface area contributed by atoms with Gasteiger partial charge in [0.15, 0.2) is 0 Å². The molecule has 8 heavy (non-hydrogen) atoms. The molecule has 0 saturated heterocycles. The average molecular weight is 245 g/mol. The Labute approximate surface area is 64.8 Å². The number of aliphatic hydroxyl groups excluding tert-OH is 1. The highest BCUT2D eigenvalue weighted by Crippen LogP contribution is 2.00. The molecule has 0 aromatic carbocycles. The first-order valence-corrected chi connectivity index (χ1v) is 3.84. The Hall–Kier alpha value is 0.820. The molecule has 0 aromatic heterocycles. The van der Waals surface area contributed by atoms with Crippen LogP contribution in [0, 0.1) is 0 Å². The molecule has 48 valence electrons. The number of hydrogen-bond donors (Lipinski definition) is 2. The van der Waals surface area contributed by atoms with Gasteiger partial charge in [0.2, 0.25) is 0 Å². The first kappa shape index (κ1) is 8.82. The standard InChI is InChI=1S/C4H9INOP/c5-4(8)1-3(6)2-7/h3,7-8H,1-2,6H2. The average Bonchev–Trinajstić information content (AvgIpc) is 1.65. The van der Waals surface area contributed by atoms with E-state index in [9.17, 15) is 0 Å². The fourth-order valence-electron chi connectivity index (χ4n) is 0.295. The minimum atomic E-state index is -0.112. The van der Waals surface area contributed by atoms with Gasteiger partial charge in [-0.05, 0) is 29.0 Å². The molecule has 0 aromatic rings. The molecule has 0 aliphatic heterocycles. The van der Waals surface area contributed by atoms with Crippen LogP contribution >= 0.6 is 31.5 Å². The van der Waals surface area contributed by atoms with Crippen LogP contribution in [0.4, 0.5) is 0 Å². The Morgan fingerprint density at radius 1 is 1.88 bits per heavy atom. The predicted octanol–water partition coefficient (Wildman–Crippen LogP) is 0.404. The molecule has 2 nitrogen and oxygen atoms in total. The van der Waals surface area contributed by atoms with Crippen molar-refractivity contribution >= 4 is 34.8 Å². The SMILES string of the molecule is NC(CO)CC(=P)I. The first-order chi connectivity index (χ1) is 3.66. The number of hydrogen-bond acceptors (Lipinski definition) is 2. The zero-order chi connectivity index (χ0) is 6.57. The van der Waals surface area contributed by atoms with Gasteiger partial charge in [-0.2, -0.15) is 0 Å². The normalized spacial score (nSPS) is 13.4. The molecule has 0 rings (SSSR count). The smallest absolute Gasteiger partial charge is 0.0586 e. The van der Waals surface area contributed by atoms with Crippen molar-refractivity contribution in [3.63, 3.8) is 0 Å². The third-order valence-corrected chi connectivity index (χ3v) is 1.32. The highest BCUT2D eigenvalue weighted by atomic mass is 127. The van der Waals surface area contributed by atoms with Crippen LogP contribution < -0.4 is 5.73 Å². The van der Waals surface area contributed by atoms with Crippen LogP contribution in [0.1, 0.15) is 6.42 Å². The third-order valence-electron chi connectivity index (χ3n) is 0.676. The largest absolute Gasteiger partial charge is 0.395 e. The minimum absolute atomic E-state index is 0.0526. The molecule has 0 bridgehead atoms. The van der Waals surface area contributed by atoms with E-state index in [0.29, 0.717) is 0 Å². The maximum atomic E-state index is 8.42. The lowest BCUT2D eigenvalue weighted by atomic mass is 10.3.